The van der Waals surface area contributed by atoms with E-state index in [9.17, 15) is 9.18 Å². The molecule has 0 saturated carbocycles. The van der Waals surface area contributed by atoms with Crippen LogP contribution in [0.25, 0.3) is 0 Å². The van der Waals surface area contributed by atoms with Gasteiger partial charge in [0.2, 0.25) is 0 Å². The summed E-state index contributed by atoms with van der Waals surface area (Å²) in [6.07, 6.45) is 2.11. The molecule has 2 rings (SSSR count). The van der Waals surface area contributed by atoms with Gasteiger partial charge in [-0.05, 0) is 49.5 Å². The number of likely N-dealkylation sites (tertiary alicyclic amines) is 1. The van der Waals surface area contributed by atoms with Gasteiger partial charge in [0.15, 0.2) is 0 Å². The number of hydrogen-bond acceptors (Lipinski definition) is 2. The summed E-state index contributed by atoms with van der Waals surface area (Å²) in [6, 6.07) is 6.65. The van der Waals surface area contributed by atoms with Crippen LogP contribution in [0, 0.1) is 11.7 Å². The topological polar surface area (TPSA) is 40.5 Å². The molecule has 1 N–H and O–H groups in total. The number of benzene rings is 1. The number of carboxylic acid groups (broad SMARTS) is 1. The van der Waals surface area contributed by atoms with Crippen molar-refractivity contribution >= 4 is 5.97 Å². The van der Waals surface area contributed by atoms with Crippen LogP contribution in [0.1, 0.15) is 24.8 Å². The van der Waals surface area contributed by atoms with Crippen molar-refractivity contribution in [1.29, 1.82) is 0 Å². The lowest BCUT2D eigenvalue weighted by atomic mass is 9.93. The van der Waals surface area contributed by atoms with E-state index < -0.39 is 5.97 Å². The van der Waals surface area contributed by atoms with E-state index in [-0.39, 0.29) is 12.2 Å². The second kappa shape index (κ2) is 5.96. The highest BCUT2D eigenvalue weighted by Crippen LogP contribution is 2.21. The predicted molar refractivity (Wildman–Crippen MR) is 66.7 cm³/mol. The smallest absolute Gasteiger partial charge is 0.303 e. The van der Waals surface area contributed by atoms with Gasteiger partial charge in [0.1, 0.15) is 5.82 Å². The van der Waals surface area contributed by atoms with E-state index in [0.717, 1.165) is 38.0 Å². The van der Waals surface area contributed by atoms with Gasteiger partial charge in [-0.25, -0.2) is 4.39 Å². The maximum absolute atomic E-state index is 13.0. The largest absolute Gasteiger partial charge is 0.481 e. The Balaban J connectivity index is 1.81. The zero-order valence-electron chi connectivity index (χ0n) is 10.3. The van der Waals surface area contributed by atoms with Crippen LogP contribution >= 0.6 is 0 Å². The van der Waals surface area contributed by atoms with Crippen LogP contribution in [-0.4, -0.2) is 29.1 Å². The van der Waals surface area contributed by atoms with Crippen molar-refractivity contribution in [2.45, 2.75) is 25.8 Å². The SMILES string of the molecule is O=C(O)CC1CCN(Cc2cccc(F)c2)CC1. The molecule has 98 valence electrons. The number of rotatable bonds is 4. The molecule has 0 aromatic heterocycles. The first-order chi connectivity index (χ1) is 8.63. The molecule has 4 heteroatoms. The molecule has 18 heavy (non-hydrogen) atoms. The number of piperidine rings is 1. The van der Waals surface area contributed by atoms with Gasteiger partial charge in [0.05, 0.1) is 0 Å². The summed E-state index contributed by atoms with van der Waals surface area (Å²) in [5.41, 5.74) is 0.978. The van der Waals surface area contributed by atoms with E-state index in [1.54, 1.807) is 12.1 Å². The van der Waals surface area contributed by atoms with Gasteiger partial charge in [-0.1, -0.05) is 12.1 Å². The predicted octanol–water partition coefficient (Wildman–Crippen LogP) is 2.51. The van der Waals surface area contributed by atoms with Crippen LogP contribution in [0.2, 0.25) is 0 Å². The lowest BCUT2D eigenvalue weighted by Crippen LogP contribution is -2.33. The first-order valence-electron chi connectivity index (χ1n) is 6.32. The van der Waals surface area contributed by atoms with Gasteiger partial charge in [-0.15, -0.1) is 0 Å². The molecule has 0 aliphatic carbocycles. The third kappa shape index (κ3) is 3.81. The number of aliphatic carboxylic acids is 1. The number of nitrogens with zero attached hydrogens (tertiary/aromatic N) is 1. The molecular weight excluding hydrogens is 233 g/mol. The molecule has 0 spiro atoms. The van der Waals surface area contributed by atoms with Gasteiger partial charge >= 0.3 is 5.97 Å². The minimum Gasteiger partial charge on any atom is -0.481 e. The minimum atomic E-state index is -0.710. The van der Waals surface area contributed by atoms with E-state index in [1.807, 2.05) is 6.07 Å². The van der Waals surface area contributed by atoms with Gasteiger partial charge in [0, 0.05) is 13.0 Å². The molecule has 0 atom stereocenters. The number of halogens is 1. The second-order valence-electron chi connectivity index (χ2n) is 4.95. The van der Waals surface area contributed by atoms with Crippen molar-refractivity contribution in [3.63, 3.8) is 0 Å². The molecule has 1 heterocycles. The van der Waals surface area contributed by atoms with Crippen LogP contribution in [0.5, 0.6) is 0 Å². The van der Waals surface area contributed by atoms with Gasteiger partial charge in [-0.2, -0.15) is 0 Å². The summed E-state index contributed by atoms with van der Waals surface area (Å²) >= 11 is 0. The summed E-state index contributed by atoms with van der Waals surface area (Å²) < 4.78 is 13.0. The average Bonchev–Trinajstić information content (AvgIpc) is 2.31. The fraction of sp³-hybridized carbons (Fsp3) is 0.500. The lowest BCUT2D eigenvalue weighted by molar-refractivity contribution is -0.138. The normalized spacial score (nSPS) is 17.8. The maximum atomic E-state index is 13.0. The number of hydrogen-bond donors (Lipinski definition) is 1. The molecule has 0 bridgehead atoms. The van der Waals surface area contributed by atoms with Crippen LogP contribution in [0.4, 0.5) is 4.39 Å². The molecule has 0 unspecified atom stereocenters. The first-order valence-corrected chi connectivity index (χ1v) is 6.32. The van der Waals surface area contributed by atoms with E-state index in [1.165, 1.54) is 6.07 Å². The van der Waals surface area contributed by atoms with Crippen LogP contribution in [0.3, 0.4) is 0 Å². The molecular formula is C14H18FNO2. The molecule has 1 aromatic rings. The summed E-state index contributed by atoms with van der Waals surface area (Å²) in [4.78, 5) is 12.9. The fourth-order valence-electron chi connectivity index (χ4n) is 2.49. The van der Waals surface area contributed by atoms with Crippen LogP contribution < -0.4 is 0 Å². The second-order valence-corrected chi connectivity index (χ2v) is 4.95. The Kier molecular flexibility index (Phi) is 4.31. The van der Waals surface area contributed by atoms with Gasteiger partial charge in [-0.3, -0.25) is 9.69 Å². The number of carboxylic acids is 1. The maximum Gasteiger partial charge on any atom is 0.303 e. The van der Waals surface area contributed by atoms with Crippen LogP contribution in [-0.2, 0) is 11.3 Å². The van der Waals surface area contributed by atoms with E-state index in [4.69, 9.17) is 5.11 Å². The highest BCUT2D eigenvalue weighted by molar-refractivity contribution is 5.67. The Bertz CT molecular complexity index is 414. The Morgan fingerprint density at radius 3 is 2.72 bits per heavy atom. The van der Waals surface area contributed by atoms with E-state index in [2.05, 4.69) is 4.90 Å². The number of carbonyl (C=O) groups is 1. The third-order valence-corrected chi connectivity index (χ3v) is 3.47. The molecule has 1 aliphatic heterocycles. The minimum absolute atomic E-state index is 0.201. The Morgan fingerprint density at radius 1 is 1.39 bits per heavy atom. The standard InChI is InChI=1S/C14H18FNO2/c15-13-3-1-2-12(8-13)10-16-6-4-11(5-7-16)9-14(17)18/h1-3,8,11H,4-7,9-10H2,(H,17,18). The molecule has 1 aliphatic rings. The molecule has 1 fully saturated rings. The Morgan fingerprint density at radius 2 is 2.11 bits per heavy atom. The van der Waals surface area contributed by atoms with E-state index >= 15 is 0 Å². The molecule has 3 nitrogen and oxygen atoms in total. The third-order valence-electron chi connectivity index (χ3n) is 3.47. The monoisotopic (exact) mass is 251 g/mol. The van der Waals surface area contributed by atoms with Crippen molar-refractivity contribution in [3.05, 3.63) is 35.6 Å². The first kappa shape index (κ1) is 13.0. The summed E-state index contributed by atoms with van der Waals surface area (Å²) in [5.74, 6) is -0.613. The van der Waals surface area contributed by atoms with Crippen molar-refractivity contribution < 1.29 is 14.3 Å². The Labute approximate surface area is 106 Å². The molecule has 0 radical (unpaired) electrons. The van der Waals surface area contributed by atoms with Gasteiger partial charge in [0.25, 0.3) is 0 Å². The highest BCUT2D eigenvalue weighted by atomic mass is 19.1. The summed E-state index contributed by atoms with van der Waals surface area (Å²) in [6.45, 7) is 2.54. The Hall–Kier alpha value is -1.42. The summed E-state index contributed by atoms with van der Waals surface area (Å²) in [7, 11) is 0. The van der Waals surface area contributed by atoms with Gasteiger partial charge < -0.3 is 5.11 Å². The fourth-order valence-corrected chi connectivity index (χ4v) is 2.49. The van der Waals surface area contributed by atoms with E-state index in [0.29, 0.717) is 5.92 Å². The molecule has 1 aromatic carbocycles. The lowest BCUT2D eigenvalue weighted by Gasteiger charge is -2.31. The summed E-state index contributed by atoms with van der Waals surface area (Å²) in [5, 5.41) is 8.74. The van der Waals surface area contributed by atoms with Crippen molar-refractivity contribution in [1.82, 2.24) is 4.90 Å². The van der Waals surface area contributed by atoms with Crippen LogP contribution in [0.15, 0.2) is 24.3 Å². The highest BCUT2D eigenvalue weighted by Gasteiger charge is 2.21. The molecule has 0 amide bonds. The van der Waals surface area contributed by atoms with Crippen molar-refractivity contribution in [2.75, 3.05) is 13.1 Å². The quantitative estimate of drug-likeness (QED) is 0.894. The van der Waals surface area contributed by atoms with Crippen molar-refractivity contribution in [2.24, 2.45) is 5.92 Å². The van der Waals surface area contributed by atoms with Crippen molar-refractivity contribution in [3.8, 4) is 0 Å². The average molecular weight is 251 g/mol. The zero-order valence-corrected chi connectivity index (χ0v) is 10.3. The zero-order chi connectivity index (χ0) is 13.0. The molecule has 1 saturated heterocycles.